The molecule has 0 radical (unpaired) electrons. The van der Waals surface area contributed by atoms with Gasteiger partial charge in [-0.3, -0.25) is 14.2 Å². The number of carbonyl (C=O) groups is 1. The second-order valence-corrected chi connectivity index (χ2v) is 11.8. The van der Waals surface area contributed by atoms with Crippen molar-refractivity contribution in [3.63, 3.8) is 0 Å². The lowest BCUT2D eigenvalue weighted by molar-refractivity contribution is -0.139. The van der Waals surface area contributed by atoms with Crippen LogP contribution in [0.4, 0.5) is 0 Å². The molecule has 0 fully saturated rings. The molecule has 1 atom stereocenters. The van der Waals surface area contributed by atoms with Gasteiger partial charge in [0.15, 0.2) is 15.1 Å². The van der Waals surface area contributed by atoms with Crippen molar-refractivity contribution in [3.8, 4) is 11.5 Å². The lowest BCUT2D eigenvalue weighted by Crippen LogP contribution is -2.40. The van der Waals surface area contributed by atoms with Gasteiger partial charge in [0.1, 0.15) is 23.3 Å². The first kappa shape index (κ1) is 29.6. The van der Waals surface area contributed by atoms with Crippen molar-refractivity contribution >= 4 is 51.1 Å². The quantitative estimate of drug-likeness (QED) is 0.219. The Morgan fingerprint density at radius 3 is 2.69 bits per heavy atom. The van der Waals surface area contributed by atoms with Gasteiger partial charge in [-0.1, -0.05) is 11.3 Å². The number of carbonyl (C=O) groups excluding carboxylic acids is 1. The maximum Gasteiger partial charge on any atom is 0.338 e. The van der Waals surface area contributed by atoms with E-state index >= 15 is 0 Å². The summed E-state index contributed by atoms with van der Waals surface area (Å²) in [6, 6.07) is 7.45. The molecule has 0 unspecified atom stereocenters. The van der Waals surface area contributed by atoms with E-state index in [1.807, 2.05) is 0 Å². The molecule has 0 aliphatic carbocycles. The minimum atomic E-state index is -0.859. The lowest BCUT2D eigenvalue weighted by Gasteiger charge is -2.26. The van der Waals surface area contributed by atoms with Crippen LogP contribution in [-0.4, -0.2) is 41.3 Å². The van der Waals surface area contributed by atoms with Gasteiger partial charge in [0, 0.05) is 29.5 Å². The molecule has 3 aromatic heterocycles. The van der Waals surface area contributed by atoms with E-state index in [2.05, 4.69) is 30.9 Å². The summed E-state index contributed by atoms with van der Waals surface area (Å²) in [7, 11) is 3.05. The molecule has 1 aliphatic rings. The maximum absolute atomic E-state index is 13.9. The minimum absolute atomic E-state index is 0.159. The number of aromatic amines is 1. The van der Waals surface area contributed by atoms with Gasteiger partial charge in [0.25, 0.3) is 11.1 Å². The Kier molecular flexibility index (Phi) is 8.57. The van der Waals surface area contributed by atoms with Crippen LogP contribution in [0.15, 0.2) is 75.3 Å². The number of thiazole rings is 1. The zero-order valence-electron chi connectivity index (χ0n) is 23.1. The first-order chi connectivity index (χ1) is 20.1. The van der Waals surface area contributed by atoms with E-state index in [1.165, 1.54) is 17.7 Å². The number of rotatable bonds is 8. The van der Waals surface area contributed by atoms with Crippen LogP contribution in [-0.2, 0) is 9.53 Å². The van der Waals surface area contributed by atoms with Crippen LogP contribution in [0.5, 0.6) is 11.5 Å². The molecule has 1 N–H and O–H groups in total. The molecule has 1 aromatic carbocycles. The van der Waals surface area contributed by atoms with E-state index in [0.29, 0.717) is 58.3 Å². The van der Waals surface area contributed by atoms with Crippen LogP contribution in [0, 0.1) is 6.92 Å². The highest BCUT2D eigenvalue weighted by Gasteiger charge is 2.35. The zero-order chi connectivity index (χ0) is 30.1. The molecule has 0 amide bonds. The van der Waals surface area contributed by atoms with Crippen molar-refractivity contribution in [3.05, 3.63) is 93.1 Å². The van der Waals surface area contributed by atoms with Crippen LogP contribution >= 0.6 is 39.0 Å². The topological polar surface area (TPSA) is 138 Å². The second kappa shape index (κ2) is 12.2. The molecule has 42 heavy (non-hydrogen) atoms. The number of hydrogen-bond donors (Lipinski definition) is 1. The number of nitrogens with zero attached hydrogens (tertiary/aromatic N) is 3. The van der Waals surface area contributed by atoms with Gasteiger partial charge >= 0.3 is 5.97 Å². The number of benzene rings is 1. The van der Waals surface area contributed by atoms with E-state index in [4.69, 9.17) is 18.6 Å². The highest BCUT2D eigenvalue weighted by atomic mass is 79.9. The van der Waals surface area contributed by atoms with Gasteiger partial charge in [-0.2, -0.15) is 0 Å². The fourth-order valence-corrected chi connectivity index (χ4v) is 6.84. The first-order valence-corrected chi connectivity index (χ1v) is 15.0. The smallest absolute Gasteiger partial charge is 0.338 e. The fourth-order valence-electron chi connectivity index (χ4n) is 4.46. The molecule has 0 bridgehead atoms. The summed E-state index contributed by atoms with van der Waals surface area (Å²) in [6.45, 7) is 5.31. The van der Waals surface area contributed by atoms with Crippen LogP contribution in [0.1, 0.15) is 36.9 Å². The molecule has 0 spiro atoms. The third kappa shape index (κ3) is 5.74. The number of allylic oxidation sites excluding steroid dienone is 1. The molecule has 0 saturated heterocycles. The highest BCUT2D eigenvalue weighted by molar-refractivity contribution is 9.10. The average molecular weight is 674 g/mol. The number of fused-ring (bicyclic) bond motifs is 1. The van der Waals surface area contributed by atoms with Crippen LogP contribution < -0.4 is 29.9 Å². The third-order valence-electron chi connectivity index (χ3n) is 6.24. The molecule has 1 aliphatic heterocycles. The number of methoxy groups -OCH3 is 2. The van der Waals surface area contributed by atoms with Crippen molar-refractivity contribution < 1.29 is 23.4 Å². The van der Waals surface area contributed by atoms with Crippen molar-refractivity contribution in [2.24, 2.45) is 4.99 Å². The summed E-state index contributed by atoms with van der Waals surface area (Å²) in [6.07, 6.45) is 1.61. The molecule has 14 heteroatoms. The van der Waals surface area contributed by atoms with Gasteiger partial charge in [0.2, 0.25) is 0 Å². The number of halogens is 1. The summed E-state index contributed by atoms with van der Waals surface area (Å²) >= 11 is 5.78. The van der Waals surface area contributed by atoms with Gasteiger partial charge < -0.3 is 23.6 Å². The number of ether oxygens (including phenoxy) is 3. The third-order valence-corrected chi connectivity index (χ3v) is 8.95. The summed E-state index contributed by atoms with van der Waals surface area (Å²) in [5, 5.41) is 0.820. The Hall–Kier alpha value is -3.88. The maximum atomic E-state index is 13.9. The lowest BCUT2D eigenvalue weighted by atomic mass is 9.95. The molecule has 11 nitrogen and oxygen atoms in total. The predicted molar refractivity (Wildman–Crippen MR) is 160 cm³/mol. The number of nitrogens with one attached hydrogen (secondary N) is 1. The molecule has 0 saturated carbocycles. The summed E-state index contributed by atoms with van der Waals surface area (Å²) < 4.78 is 24.8. The monoisotopic (exact) mass is 672 g/mol. The zero-order valence-corrected chi connectivity index (χ0v) is 26.4. The summed E-state index contributed by atoms with van der Waals surface area (Å²) in [4.78, 5) is 51.0. The van der Waals surface area contributed by atoms with Crippen molar-refractivity contribution in [2.75, 3.05) is 20.8 Å². The van der Waals surface area contributed by atoms with Gasteiger partial charge in [-0.25, -0.2) is 14.8 Å². The largest absolute Gasteiger partial charge is 0.497 e. The second-order valence-electron chi connectivity index (χ2n) is 8.99. The van der Waals surface area contributed by atoms with Crippen molar-refractivity contribution in [2.45, 2.75) is 37.1 Å². The number of furan rings is 1. The number of esters is 1. The molecular formula is C28H25BrN4O7S2. The molecule has 4 heterocycles. The number of aromatic nitrogens is 3. The Labute approximate surface area is 255 Å². The normalized spacial score (nSPS) is 14.9. The number of H-pyrrole nitrogens is 1. The predicted octanol–water partition coefficient (Wildman–Crippen LogP) is 3.71. The van der Waals surface area contributed by atoms with Crippen LogP contribution in [0.25, 0.3) is 6.08 Å². The van der Waals surface area contributed by atoms with E-state index in [-0.39, 0.29) is 23.3 Å². The minimum Gasteiger partial charge on any atom is -0.497 e. The number of aryl methyl sites for hydroxylation is 1. The molecule has 4 aromatic rings. The standard InChI is InChI=1S/C28H25BrN4O7S2/c1-6-39-25(36)22-14(3)31-28-33(23(22)17-8-7-15(37-4)11-19(17)38-5)24(35)20(41-28)12-16-10-18(29)26(40-16)42-27-30-13(2)9-21(34)32-27/h7-12,23H,6H2,1-5H3,(H,30,32,34)/b20-12+/t23-/m0/s1. The van der Waals surface area contributed by atoms with Crippen LogP contribution in [0.3, 0.4) is 0 Å². The Balaban J connectivity index is 1.64. The molecule has 5 rings (SSSR count). The van der Waals surface area contributed by atoms with E-state index in [9.17, 15) is 14.4 Å². The van der Waals surface area contributed by atoms with Crippen LogP contribution in [0.2, 0.25) is 0 Å². The highest BCUT2D eigenvalue weighted by Crippen LogP contribution is 2.38. The Morgan fingerprint density at radius 2 is 2.00 bits per heavy atom. The Morgan fingerprint density at radius 1 is 1.21 bits per heavy atom. The molecule has 218 valence electrons. The summed E-state index contributed by atoms with van der Waals surface area (Å²) in [5.41, 5.74) is 1.17. The van der Waals surface area contributed by atoms with Gasteiger partial charge in [-0.05, 0) is 66.7 Å². The van der Waals surface area contributed by atoms with Crippen molar-refractivity contribution in [1.29, 1.82) is 0 Å². The Bertz CT molecular complexity index is 1970. The van der Waals surface area contributed by atoms with E-state index < -0.39 is 12.0 Å². The van der Waals surface area contributed by atoms with Gasteiger partial charge in [-0.15, -0.1) is 0 Å². The fraction of sp³-hybridized carbons (Fsp3) is 0.250. The van der Waals surface area contributed by atoms with Gasteiger partial charge in [0.05, 0.1) is 41.1 Å². The average Bonchev–Trinajstić information content (AvgIpc) is 3.44. The SMILES string of the molecule is CCOC(=O)C1=C(C)N=c2s/c(=C/c3cc(Br)c(Sc4nc(C)cc(=O)[nH]4)o3)c(=O)n2[C@H]1c1ccc(OC)cc1OC. The number of hydrogen-bond acceptors (Lipinski definition) is 11. The van der Waals surface area contributed by atoms with E-state index in [1.54, 1.807) is 58.2 Å². The first-order valence-electron chi connectivity index (χ1n) is 12.6. The molecular weight excluding hydrogens is 648 g/mol. The summed E-state index contributed by atoms with van der Waals surface area (Å²) in [5.74, 6) is 0.813. The van der Waals surface area contributed by atoms with Crippen molar-refractivity contribution in [1.82, 2.24) is 14.5 Å². The van der Waals surface area contributed by atoms with E-state index in [0.717, 1.165) is 23.1 Å².